The molecule has 0 fully saturated rings. The van der Waals surface area contributed by atoms with Crippen molar-refractivity contribution in [2.45, 2.75) is 25.7 Å². The Morgan fingerprint density at radius 3 is 2.63 bits per heavy atom. The van der Waals surface area contributed by atoms with E-state index in [1.54, 1.807) is 0 Å². The molecule has 0 bridgehead atoms. The van der Waals surface area contributed by atoms with E-state index in [-0.39, 0.29) is 5.91 Å². The molecule has 4 heteroatoms. The number of hydrogen-bond donors (Lipinski definition) is 1. The van der Waals surface area contributed by atoms with Crippen molar-refractivity contribution in [1.82, 2.24) is 9.88 Å². The number of amides is 1. The van der Waals surface area contributed by atoms with Crippen molar-refractivity contribution in [2.24, 2.45) is 0 Å². The summed E-state index contributed by atoms with van der Waals surface area (Å²) < 4.78 is 0. The molecule has 1 N–H and O–H groups in total. The number of aromatic nitrogens is 1. The van der Waals surface area contributed by atoms with Crippen molar-refractivity contribution in [2.75, 3.05) is 26.0 Å². The third-order valence-electron chi connectivity index (χ3n) is 5.21. The minimum Gasteiger partial charge on any atom is -0.322 e. The van der Waals surface area contributed by atoms with Crippen LogP contribution in [0.3, 0.4) is 0 Å². The molecule has 1 heterocycles. The molecule has 0 unspecified atom stereocenters. The number of fused-ring (bicyclic) bond motifs is 2. The summed E-state index contributed by atoms with van der Waals surface area (Å²) in [5.41, 5.74) is 6.01. The number of benzene rings is 2. The van der Waals surface area contributed by atoms with Gasteiger partial charge in [-0.15, -0.1) is 0 Å². The lowest BCUT2D eigenvalue weighted by atomic mass is 10.0. The van der Waals surface area contributed by atoms with Gasteiger partial charge in [0.15, 0.2) is 0 Å². The van der Waals surface area contributed by atoms with E-state index in [1.807, 2.05) is 36.4 Å². The van der Waals surface area contributed by atoms with Gasteiger partial charge in [0.1, 0.15) is 0 Å². The molecule has 0 atom stereocenters. The predicted octanol–water partition coefficient (Wildman–Crippen LogP) is 4.08. The summed E-state index contributed by atoms with van der Waals surface area (Å²) in [6.45, 7) is 1.01. The Labute approximate surface area is 160 Å². The van der Waals surface area contributed by atoms with Crippen LogP contribution in [0.1, 0.15) is 33.6 Å². The van der Waals surface area contributed by atoms with Gasteiger partial charge < -0.3 is 10.2 Å². The highest BCUT2D eigenvalue weighted by Crippen LogP contribution is 2.30. The molecule has 0 spiro atoms. The van der Waals surface area contributed by atoms with Gasteiger partial charge in [-0.05, 0) is 69.1 Å². The fourth-order valence-corrected chi connectivity index (χ4v) is 3.77. The monoisotopic (exact) mass is 359 g/mol. The van der Waals surface area contributed by atoms with Crippen molar-refractivity contribution < 1.29 is 4.79 Å². The van der Waals surface area contributed by atoms with Crippen LogP contribution in [0.4, 0.5) is 5.69 Å². The Morgan fingerprint density at radius 1 is 1.07 bits per heavy atom. The zero-order valence-corrected chi connectivity index (χ0v) is 16.0. The Morgan fingerprint density at radius 2 is 1.85 bits per heavy atom. The molecule has 4 rings (SSSR count). The summed E-state index contributed by atoms with van der Waals surface area (Å²) in [5, 5.41) is 4.04. The van der Waals surface area contributed by atoms with Crippen molar-refractivity contribution in [3.8, 4) is 0 Å². The first-order valence-corrected chi connectivity index (χ1v) is 9.57. The van der Waals surface area contributed by atoms with Crippen LogP contribution >= 0.6 is 0 Å². The first kappa shape index (κ1) is 17.7. The second-order valence-electron chi connectivity index (χ2n) is 7.49. The van der Waals surface area contributed by atoms with Crippen LogP contribution in [-0.2, 0) is 19.3 Å². The summed E-state index contributed by atoms with van der Waals surface area (Å²) in [7, 11) is 4.15. The van der Waals surface area contributed by atoms with Gasteiger partial charge >= 0.3 is 0 Å². The van der Waals surface area contributed by atoms with E-state index in [2.05, 4.69) is 36.4 Å². The van der Waals surface area contributed by atoms with Gasteiger partial charge in [0.05, 0.1) is 11.1 Å². The zero-order valence-electron chi connectivity index (χ0n) is 16.0. The predicted molar refractivity (Wildman–Crippen MR) is 110 cm³/mol. The number of aryl methyl sites for hydroxylation is 1. The SMILES string of the molecule is CN(C)CCc1ccc(NC(=O)c2c3c(nc4ccccc24)CCC3)cc1. The molecule has 2 aromatic carbocycles. The maximum atomic E-state index is 13.1. The molecule has 3 aromatic rings. The minimum absolute atomic E-state index is 0.0345. The van der Waals surface area contributed by atoms with Crippen molar-refractivity contribution in [3.63, 3.8) is 0 Å². The quantitative estimate of drug-likeness (QED) is 0.747. The first-order chi connectivity index (χ1) is 13.1. The van der Waals surface area contributed by atoms with Crippen LogP contribution in [0.5, 0.6) is 0 Å². The third-order valence-corrected chi connectivity index (χ3v) is 5.21. The van der Waals surface area contributed by atoms with Crippen molar-refractivity contribution in [1.29, 1.82) is 0 Å². The summed E-state index contributed by atoms with van der Waals surface area (Å²) in [6, 6.07) is 16.1. The van der Waals surface area contributed by atoms with E-state index in [0.29, 0.717) is 0 Å². The molecular formula is C23H25N3O. The molecule has 4 nitrogen and oxygen atoms in total. The summed E-state index contributed by atoms with van der Waals surface area (Å²) in [5.74, 6) is -0.0345. The van der Waals surface area contributed by atoms with Crippen LogP contribution < -0.4 is 5.32 Å². The number of rotatable bonds is 5. The summed E-state index contributed by atoms with van der Waals surface area (Å²) in [4.78, 5) is 20.1. The lowest BCUT2D eigenvalue weighted by molar-refractivity contribution is 0.102. The average molecular weight is 359 g/mol. The molecule has 0 aliphatic heterocycles. The summed E-state index contributed by atoms with van der Waals surface area (Å²) in [6.07, 6.45) is 3.96. The smallest absolute Gasteiger partial charge is 0.256 e. The van der Waals surface area contributed by atoms with Gasteiger partial charge in [-0.1, -0.05) is 30.3 Å². The van der Waals surface area contributed by atoms with Gasteiger partial charge in [0.25, 0.3) is 5.91 Å². The maximum absolute atomic E-state index is 13.1. The average Bonchev–Trinajstić information content (AvgIpc) is 3.13. The number of likely N-dealkylation sites (N-methyl/N-ethyl adjacent to an activating group) is 1. The molecule has 1 aliphatic rings. The molecule has 27 heavy (non-hydrogen) atoms. The molecule has 1 amide bonds. The van der Waals surface area contributed by atoms with Crippen LogP contribution in [0.25, 0.3) is 10.9 Å². The number of pyridine rings is 1. The molecule has 0 radical (unpaired) electrons. The van der Waals surface area contributed by atoms with Gasteiger partial charge in [-0.2, -0.15) is 0 Å². The van der Waals surface area contributed by atoms with Gasteiger partial charge in [0, 0.05) is 23.3 Å². The van der Waals surface area contributed by atoms with E-state index < -0.39 is 0 Å². The van der Waals surface area contributed by atoms with Crippen molar-refractivity contribution in [3.05, 3.63) is 70.9 Å². The molecule has 1 aromatic heterocycles. The number of nitrogens with zero attached hydrogens (tertiary/aromatic N) is 2. The first-order valence-electron chi connectivity index (χ1n) is 9.57. The van der Waals surface area contributed by atoms with Crippen LogP contribution in [-0.4, -0.2) is 36.4 Å². The van der Waals surface area contributed by atoms with E-state index in [4.69, 9.17) is 4.98 Å². The highest BCUT2D eigenvalue weighted by Gasteiger charge is 2.23. The maximum Gasteiger partial charge on any atom is 0.256 e. The van der Waals surface area contributed by atoms with Crippen LogP contribution in [0.15, 0.2) is 48.5 Å². The second kappa shape index (κ2) is 7.49. The van der Waals surface area contributed by atoms with Crippen LogP contribution in [0.2, 0.25) is 0 Å². The van der Waals surface area contributed by atoms with E-state index >= 15 is 0 Å². The fourth-order valence-electron chi connectivity index (χ4n) is 3.77. The minimum atomic E-state index is -0.0345. The standard InChI is InChI=1S/C23H25N3O/c1-26(2)15-14-16-10-12-17(13-11-16)24-23(27)22-18-6-3-4-8-20(18)25-21-9-5-7-19(21)22/h3-4,6,8,10-13H,5,7,9,14-15H2,1-2H3,(H,24,27). The third kappa shape index (κ3) is 3.71. The summed E-state index contributed by atoms with van der Waals surface area (Å²) >= 11 is 0. The number of anilines is 1. The molecule has 0 saturated carbocycles. The number of carbonyl (C=O) groups excluding carboxylic acids is 1. The topological polar surface area (TPSA) is 45.2 Å². The fraction of sp³-hybridized carbons (Fsp3) is 0.304. The van der Waals surface area contributed by atoms with Gasteiger partial charge in [-0.25, -0.2) is 0 Å². The number of nitrogens with one attached hydrogen (secondary N) is 1. The lowest BCUT2D eigenvalue weighted by Crippen LogP contribution is -2.16. The van der Waals surface area contributed by atoms with Crippen LogP contribution in [0, 0.1) is 0 Å². The Bertz CT molecular complexity index is 977. The van der Waals surface area contributed by atoms with Crippen molar-refractivity contribution >= 4 is 22.5 Å². The van der Waals surface area contributed by atoms with E-state index in [9.17, 15) is 4.79 Å². The van der Waals surface area contributed by atoms with Gasteiger partial charge in [-0.3, -0.25) is 9.78 Å². The number of hydrogen-bond acceptors (Lipinski definition) is 3. The Hall–Kier alpha value is -2.72. The molecular weight excluding hydrogens is 334 g/mol. The molecule has 1 aliphatic carbocycles. The van der Waals surface area contributed by atoms with E-state index in [1.165, 1.54) is 5.56 Å². The highest BCUT2D eigenvalue weighted by atomic mass is 16.1. The largest absolute Gasteiger partial charge is 0.322 e. The molecule has 138 valence electrons. The van der Waals surface area contributed by atoms with E-state index in [0.717, 1.165) is 65.6 Å². The normalized spacial score (nSPS) is 13.1. The Kier molecular flexibility index (Phi) is 4.90. The number of carbonyl (C=O) groups is 1. The lowest BCUT2D eigenvalue weighted by Gasteiger charge is -2.13. The second-order valence-corrected chi connectivity index (χ2v) is 7.49. The number of para-hydroxylation sites is 1. The van der Waals surface area contributed by atoms with Gasteiger partial charge in [0.2, 0.25) is 0 Å². The zero-order chi connectivity index (χ0) is 18.8. The molecule has 0 saturated heterocycles. The Balaban J connectivity index is 1.60. The highest BCUT2D eigenvalue weighted by molar-refractivity contribution is 6.13.